The number of methoxy groups -OCH3 is 1. The van der Waals surface area contributed by atoms with Gasteiger partial charge in [0.1, 0.15) is 11.6 Å². The maximum atomic E-state index is 12.7. The van der Waals surface area contributed by atoms with Crippen LogP contribution in [0.5, 0.6) is 5.75 Å². The largest absolute Gasteiger partial charge is 0.496 e. The van der Waals surface area contributed by atoms with Crippen molar-refractivity contribution < 1.29 is 17.9 Å². The molecule has 0 fully saturated rings. The number of aryl methyl sites for hydroxylation is 1. The van der Waals surface area contributed by atoms with Crippen molar-refractivity contribution in [3.05, 3.63) is 65.7 Å². The first-order valence-corrected chi connectivity index (χ1v) is 7.96. The summed E-state index contributed by atoms with van der Waals surface area (Å²) in [6.07, 6.45) is -4.34. The Hall–Kier alpha value is -2.96. The van der Waals surface area contributed by atoms with Crippen LogP contribution >= 0.6 is 0 Å². The minimum absolute atomic E-state index is 0.538. The van der Waals surface area contributed by atoms with Gasteiger partial charge in [-0.05, 0) is 18.2 Å². The Balaban J connectivity index is 1.77. The number of aromatic nitrogens is 2. The molecule has 0 aliphatic carbocycles. The molecule has 0 amide bonds. The number of rotatable bonds is 5. The van der Waals surface area contributed by atoms with E-state index in [2.05, 4.69) is 10.4 Å². The van der Waals surface area contributed by atoms with Crippen LogP contribution in [-0.4, -0.2) is 16.9 Å². The summed E-state index contributed by atoms with van der Waals surface area (Å²) in [7, 11) is 3.39. The van der Waals surface area contributed by atoms with Gasteiger partial charge in [-0.2, -0.15) is 18.3 Å². The van der Waals surface area contributed by atoms with Crippen molar-refractivity contribution in [3.63, 3.8) is 0 Å². The van der Waals surface area contributed by atoms with E-state index < -0.39 is 11.7 Å². The summed E-state index contributed by atoms with van der Waals surface area (Å²) in [6, 6.07) is 14.4. The lowest BCUT2D eigenvalue weighted by Gasteiger charge is -2.10. The SMILES string of the molecule is COc1ccccc1CNc1cc(-c2ccc(C(F)(F)F)cc2)nn1C. The number of nitrogens with one attached hydrogen (secondary N) is 1. The van der Waals surface area contributed by atoms with Crippen LogP contribution in [0, 0.1) is 0 Å². The predicted molar refractivity (Wildman–Crippen MR) is 94.0 cm³/mol. The Morgan fingerprint density at radius 1 is 1.08 bits per heavy atom. The van der Waals surface area contributed by atoms with E-state index in [9.17, 15) is 13.2 Å². The van der Waals surface area contributed by atoms with E-state index in [-0.39, 0.29) is 0 Å². The molecule has 26 heavy (non-hydrogen) atoms. The average molecular weight is 361 g/mol. The van der Waals surface area contributed by atoms with Gasteiger partial charge in [0.05, 0.1) is 18.4 Å². The van der Waals surface area contributed by atoms with Crippen molar-refractivity contribution in [2.75, 3.05) is 12.4 Å². The predicted octanol–water partition coefficient (Wildman–Crippen LogP) is 4.73. The van der Waals surface area contributed by atoms with E-state index in [1.165, 1.54) is 12.1 Å². The van der Waals surface area contributed by atoms with Crippen molar-refractivity contribution in [1.29, 1.82) is 0 Å². The summed E-state index contributed by atoms with van der Waals surface area (Å²) in [5, 5.41) is 7.64. The Labute approximate surface area is 149 Å². The molecule has 2 aromatic carbocycles. The topological polar surface area (TPSA) is 39.1 Å². The number of benzene rings is 2. The van der Waals surface area contributed by atoms with Gasteiger partial charge in [0, 0.05) is 30.8 Å². The summed E-state index contributed by atoms with van der Waals surface area (Å²) >= 11 is 0. The number of ether oxygens (including phenoxy) is 1. The zero-order valence-electron chi connectivity index (χ0n) is 14.3. The average Bonchev–Trinajstić information content (AvgIpc) is 3.00. The molecule has 0 radical (unpaired) electrons. The van der Waals surface area contributed by atoms with E-state index in [1.807, 2.05) is 24.3 Å². The fourth-order valence-corrected chi connectivity index (χ4v) is 2.64. The standard InChI is InChI=1S/C19H18F3N3O/c1-25-18(23-12-14-5-3-4-6-17(14)26-2)11-16(24-25)13-7-9-15(10-8-13)19(20,21)22/h3-11,23H,12H2,1-2H3. The lowest BCUT2D eigenvalue weighted by Crippen LogP contribution is -2.05. The van der Waals surface area contributed by atoms with E-state index in [4.69, 9.17) is 4.74 Å². The van der Waals surface area contributed by atoms with Gasteiger partial charge in [-0.1, -0.05) is 30.3 Å². The molecule has 3 aromatic rings. The molecule has 0 spiro atoms. The molecule has 0 bridgehead atoms. The van der Waals surface area contributed by atoms with Gasteiger partial charge in [0.2, 0.25) is 0 Å². The molecule has 0 unspecified atom stereocenters. The fourth-order valence-electron chi connectivity index (χ4n) is 2.64. The highest BCUT2D eigenvalue weighted by molar-refractivity contribution is 5.63. The van der Waals surface area contributed by atoms with Gasteiger partial charge in [-0.25, -0.2) is 0 Å². The van der Waals surface area contributed by atoms with Crippen LogP contribution in [0.25, 0.3) is 11.3 Å². The quantitative estimate of drug-likeness (QED) is 0.714. The van der Waals surface area contributed by atoms with Gasteiger partial charge in [0.15, 0.2) is 0 Å². The lowest BCUT2D eigenvalue weighted by atomic mass is 10.1. The molecule has 1 heterocycles. The van der Waals surface area contributed by atoms with Crippen molar-refractivity contribution in [2.24, 2.45) is 7.05 Å². The van der Waals surface area contributed by atoms with Gasteiger partial charge in [0.25, 0.3) is 0 Å². The van der Waals surface area contributed by atoms with Crippen LogP contribution in [0.15, 0.2) is 54.6 Å². The van der Waals surface area contributed by atoms with E-state index in [1.54, 1.807) is 24.9 Å². The minimum atomic E-state index is -4.34. The van der Waals surface area contributed by atoms with Crippen LogP contribution in [0.3, 0.4) is 0 Å². The molecule has 0 atom stereocenters. The molecule has 0 saturated carbocycles. The summed E-state index contributed by atoms with van der Waals surface area (Å²) in [5.74, 6) is 1.54. The van der Waals surface area contributed by atoms with Gasteiger partial charge in [-0.3, -0.25) is 4.68 Å². The Morgan fingerprint density at radius 2 is 1.77 bits per heavy atom. The molecule has 136 valence electrons. The Bertz CT molecular complexity index is 886. The highest BCUT2D eigenvalue weighted by Gasteiger charge is 2.30. The first-order chi connectivity index (χ1) is 12.4. The fraction of sp³-hybridized carbons (Fsp3) is 0.211. The lowest BCUT2D eigenvalue weighted by molar-refractivity contribution is -0.137. The van der Waals surface area contributed by atoms with Crippen LogP contribution in [0.1, 0.15) is 11.1 Å². The zero-order chi connectivity index (χ0) is 18.7. The highest BCUT2D eigenvalue weighted by Crippen LogP contribution is 2.31. The van der Waals surface area contributed by atoms with Gasteiger partial charge >= 0.3 is 6.18 Å². The van der Waals surface area contributed by atoms with Gasteiger partial charge in [-0.15, -0.1) is 0 Å². The molecule has 1 N–H and O–H groups in total. The third-order valence-corrected chi connectivity index (χ3v) is 4.04. The van der Waals surface area contributed by atoms with Crippen molar-refractivity contribution in [1.82, 2.24) is 9.78 Å². The van der Waals surface area contributed by atoms with Crippen molar-refractivity contribution in [2.45, 2.75) is 12.7 Å². The van der Waals surface area contributed by atoms with Crippen LogP contribution in [0.4, 0.5) is 19.0 Å². The second-order valence-electron chi connectivity index (χ2n) is 5.78. The number of nitrogens with zero attached hydrogens (tertiary/aromatic N) is 2. The third-order valence-electron chi connectivity index (χ3n) is 4.04. The number of anilines is 1. The number of halogens is 3. The number of hydrogen-bond donors (Lipinski definition) is 1. The first kappa shape index (κ1) is 17.8. The second kappa shape index (κ2) is 7.11. The first-order valence-electron chi connectivity index (χ1n) is 7.96. The Morgan fingerprint density at radius 3 is 2.42 bits per heavy atom. The maximum absolute atomic E-state index is 12.7. The van der Waals surface area contributed by atoms with Crippen LogP contribution < -0.4 is 10.1 Å². The van der Waals surface area contributed by atoms with E-state index >= 15 is 0 Å². The van der Waals surface area contributed by atoms with Crippen LogP contribution in [0.2, 0.25) is 0 Å². The molecular weight excluding hydrogens is 343 g/mol. The molecule has 1 aromatic heterocycles. The summed E-state index contributed by atoms with van der Waals surface area (Å²) in [4.78, 5) is 0. The number of alkyl halides is 3. The zero-order valence-corrected chi connectivity index (χ0v) is 14.3. The summed E-state index contributed by atoms with van der Waals surface area (Å²) < 4.78 is 45.0. The third kappa shape index (κ3) is 3.82. The van der Waals surface area contributed by atoms with Gasteiger partial charge < -0.3 is 10.1 Å². The molecular formula is C19H18F3N3O. The highest BCUT2D eigenvalue weighted by atomic mass is 19.4. The van der Waals surface area contributed by atoms with Crippen molar-refractivity contribution in [3.8, 4) is 17.0 Å². The normalized spacial score (nSPS) is 11.4. The monoisotopic (exact) mass is 361 g/mol. The summed E-state index contributed by atoms with van der Waals surface area (Å²) in [6.45, 7) is 0.538. The van der Waals surface area contributed by atoms with Crippen molar-refractivity contribution >= 4 is 5.82 Å². The molecule has 3 rings (SSSR count). The Kier molecular flexibility index (Phi) is 4.88. The molecule has 7 heteroatoms. The number of hydrogen-bond acceptors (Lipinski definition) is 3. The second-order valence-corrected chi connectivity index (χ2v) is 5.78. The maximum Gasteiger partial charge on any atom is 0.416 e. The van der Waals surface area contributed by atoms with E-state index in [0.29, 0.717) is 17.8 Å². The van der Waals surface area contributed by atoms with E-state index in [0.717, 1.165) is 29.3 Å². The minimum Gasteiger partial charge on any atom is -0.496 e. The number of para-hydroxylation sites is 1. The summed E-state index contributed by atoms with van der Waals surface area (Å²) in [5.41, 5.74) is 1.54. The molecule has 0 saturated heterocycles. The molecule has 0 aliphatic rings. The smallest absolute Gasteiger partial charge is 0.416 e. The molecule has 0 aliphatic heterocycles. The van der Waals surface area contributed by atoms with Crippen LogP contribution in [-0.2, 0) is 19.8 Å². The molecule has 4 nitrogen and oxygen atoms in total.